The fourth-order valence-electron chi connectivity index (χ4n) is 0.604. The summed E-state index contributed by atoms with van der Waals surface area (Å²) in [6, 6.07) is 0. The average Bonchev–Trinajstić information content (AvgIpc) is 2.19. The lowest BCUT2D eigenvalue weighted by Gasteiger charge is -2.14. The molecule has 0 aromatic rings. The van der Waals surface area contributed by atoms with Gasteiger partial charge >= 0.3 is 0 Å². The molecule has 0 unspecified atom stereocenters. The molecule has 1 rings (SSSR count). The molecule has 1 heterocycles. The zero-order valence-electron chi connectivity index (χ0n) is 6.82. The van der Waals surface area contributed by atoms with Crippen molar-refractivity contribution >= 4 is 11.8 Å². The van der Waals surface area contributed by atoms with Crippen molar-refractivity contribution in [1.82, 2.24) is 5.32 Å². The van der Waals surface area contributed by atoms with Gasteiger partial charge in [0.1, 0.15) is 0 Å². The normalized spacial score (nSPS) is 22.7. The quantitative estimate of drug-likeness (QED) is 0.563. The van der Waals surface area contributed by atoms with Gasteiger partial charge < -0.3 is 5.32 Å². The molecule has 0 aromatic heterocycles. The number of rotatable bonds is 0. The predicted molar refractivity (Wildman–Crippen MR) is 45.9 cm³/mol. The average molecular weight is 147 g/mol. The van der Waals surface area contributed by atoms with Crippen molar-refractivity contribution in [3.8, 4) is 0 Å². The van der Waals surface area contributed by atoms with Gasteiger partial charge in [0.05, 0.1) is 0 Å². The molecule has 9 heavy (non-hydrogen) atoms. The van der Waals surface area contributed by atoms with E-state index in [1.807, 2.05) is 25.6 Å². The van der Waals surface area contributed by atoms with Gasteiger partial charge in [0.2, 0.25) is 0 Å². The van der Waals surface area contributed by atoms with Crippen molar-refractivity contribution in [3.05, 3.63) is 0 Å². The first kappa shape index (κ1) is 9.31. The summed E-state index contributed by atoms with van der Waals surface area (Å²) in [6.45, 7) is 8.46. The van der Waals surface area contributed by atoms with Crippen molar-refractivity contribution in [2.45, 2.75) is 33.2 Å². The molecular formula is C7H17NS. The Hall–Kier alpha value is 0.310. The Kier molecular flexibility index (Phi) is 4.32. The molecule has 0 aliphatic carbocycles. The SMILES string of the molecule is CC.CC1(C)CSCN1. The largest absolute Gasteiger partial charge is 0.302 e. The van der Waals surface area contributed by atoms with Crippen LogP contribution >= 0.6 is 11.8 Å². The highest BCUT2D eigenvalue weighted by Gasteiger charge is 2.21. The monoisotopic (exact) mass is 147 g/mol. The lowest BCUT2D eigenvalue weighted by Crippen LogP contribution is -2.34. The fourth-order valence-corrected chi connectivity index (χ4v) is 1.81. The highest BCUT2D eigenvalue weighted by atomic mass is 32.2. The first-order valence-corrected chi connectivity index (χ1v) is 4.69. The molecular weight excluding hydrogens is 130 g/mol. The predicted octanol–water partition coefficient (Wildman–Crippen LogP) is 2.09. The topological polar surface area (TPSA) is 12.0 Å². The Bertz CT molecular complexity index is 63.3. The molecule has 1 nitrogen and oxygen atoms in total. The summed E-state index contributed by atoms with van der Waals surface area (Å²) in [5.41, 5.74) is 0.407. The summed E-state index contributed by atoms with van der Waals surface area (Å²) in [4.78, 5) is 0. The van der Waals surface area contributed by atoms with Crippen LogP contribution in [0.1, 0.15) is 27.7 Å². The van der Waals surface area contributed by atoms with Gasteiger partial charge in [0.15, 0.2) is 0 Å². The maximum Gasteiger partial charge on any atom is 0.0422 e. The Morgan fingerprint density at radius 3 is 2.00 bits per heavy atom. The third-order valence-corrected chi connectivity index (χ3v) is 2.39. The highest BCUT2D eigenvalue weighted by molar-refractivity contribution is 7.99. The first-order chi connectivity index (χ1) is 4.21. The van der Waals surface area contributed by atoms with Crippen LogP contribution in [0, 0.1) is 0 Å². The molecule has 0 saturated carbocycles. The lowest BCUT2D eigenvalue weighted by molar-refractivity contribution is 0.491. The Balaban J connectivity index is 0.000000291. The molecule has 0 bridgehead atoms. The minimum absolute atomic E-state index is 0.407. The Morgan fingerprint density at radius 1 is 1.33 bits per heavy atom. The van der Waals surface area contributed by atoms with Gasteiger partial charge in [-0.25, -0.2) is 0 Å². The molecule has 0 amide bonds. The number of thioether (sulfide) groups is 1. The van der Waals surface area contributed by atoms with Crippen LogP contribution in [0.15, 0.2) is 0 Å². The Labute approximate surface area is 62.6 Å². The lowest BCUT2D eigenvalue weighted by atomic mass is 10.1. The van der Waals surface area contributed by atoms with Gasteiger partial charge in [0, 0.05) is 17.2 Å². The van der Waals surface area contributed by atoms with Gasteiger partial charge in [-0.05, 0) is 13.8 Å². The van der Waals surface area contributed by atoms with Crippen LogP contribution in [-0.2, 0) is 0 Å². The number of nitrogens with one attached hydrogen (secondary N) is 1. The summed E-state index contributed by atoms with van der Waals surface area (Å²) >= 11 is 1.97. The fraction of sp³-hybridized carbons (Fsp3) is 1.00. The van der Waals surface area contributed by atoms with Crippen LogP contribution in [0.5, 0.6) is 0 Å². The van der Waals surface area contributed by atoms with E-state index in [1.54, 1.807) is 0 Å². The van der Waals surface area contributed by atoms with Crippen LogP contribution in [0.25, 0.3) is 0 Å². The van der Waals surface area contributed by atoms with Crippen LogP contribution in [-0.4, -0.2) is 17.2 Å². The van der Waals surface area contributed by atoms with E-state index in [-0.39, 0.29) is 0 Å². The van der Waals surface area contributed by atoms with E-state index < -0.39 is 0 Å². The molecule has 0 radical (unpaired) electrons. The van der Waals surface area contributed by atoms with Crippen LogP contribution in [0.2, 0.25) is 0 Å². The van der Waals surface area contributed by atoms with Gasteiger partial charge in [-0.3, -0.25) is 0 Å². The third kappa shape index (κ3) is 3.82. The van der Waals surface area contributed by atoms with Crippen molar-refractivity contribution in [2.24, 2.45) is 0 Å². The molecule has 56 valence electrons. The van der Waals surface area contributed by atoms with Gasteiger partial charge in [0.25, 0.3) is 0 Å². The minimum atomic E-state index is 0.407. The second-order valence-corrected chi connectivity index (χ2v) is 3.54. The van der Waals surface area contributed by atoms with Gasteiger partial charge in [-0.15, -0.1) is 11.8 Å². The molecule has 0 atom stereocenters. The van der Waals surface area contributed by atoms with Crippen LogP contribution < -0.4 is 5.32 Å². The molecule has 1 fully saturated rings. The Morgan fingerprint density at radius 2 is 1.89 bits per heavy atom. The van der Waals surface area contributed by atoms with E-state index in [9.17, 15) is 0 Å². The summed E-state index contributed by atoms with van der Waals surface area (Å²) in [6.07, 6.45) is 0. The summed E-state index contributed by atoms with van der Waals surface area (Å²) < 4.78 is 0. The first-order valence-electron chi connectivity index (χ1n) is 3.53. The van der Waals surface area contributed by atoms with Crippen molar-refractivity contribution < 1.29 is 0 Å². The standard InChI is InChI=1S/C5H11NS.C2H6/c1-5(2)3-7-4-6-5;1-2/h6H,3-4H2,1-2H3;1-2H3. The minimum Gasteiger partial charge on any atom is -0.302 e. The van der Waals surface area contributed by atoms with Gasteiger partial charge in [-0.1, -0.05) is 13.8 Å². The van der Waals surface area contributed by atoms with Crippen molar-refractivity contribution in [2.75, 3.05) is 11.6 Å². The second-order valence-electron chi connectivity index (χ2n) is 2.55. The number of hydrogen-bond acceptors (Lipinski definition) is 2. The van der Waals surface area contributed by atoms with Crippen LogP contribution in [0.4, 0.5) is 0 Å². The molecule has 1 N–H and O–H groups in total. The van der Waals surface area contributed by atoms with Crippen molar-refractivity contribution in [1.29, 1.82) is 0 Å². The molecule has 1 saturated heterocycles. The van der Waals surface area contributed by atoms with E-state index in [1.165, 1.54) is 5.75 Å². The van der Waals surface area contributed by atoms with E-state index in [2.05, 4.69) is 19.2 Å². The molecule has 0 aromatic carbocycles. The second kappa shape index (κ2) is 4.18. The zero-order valence-corrected chi connectivity index (χ0v) is 7.64. The van der Waals surface area contributed by atoms with Crippen LogP contribution in [0.3, 0.4) is 0 Å². The molecule has 2 heteroatoms. The maximum atomic E-state index is 3.36. The molecule has 1 aliphatic rings. The van der Waals surface area contributed by atoms with E-state index in [0.29, 0.717) is 5.54 Å². The molecule has 1 aliphatic heterocycles. The van der Waals surface area contributed by atoms with E-state index in [4.69, 9.17) is 0 Å². The highest BCUT2D eigenvalue weighted by Crippen LogP contribution is 2.18. The maximum absolute atomic E-state index is 3.36. The summed E-state index contributed by atoms with van der Waals surface area (Å²) in [5.74, 6) is 2.39. The van der Waals surface area contributed by atoms with Crippen molar-refractivity contribution in [3.63, 3.8) is 0 Å². The zero-order chi connectivity index (χ0) is 7.33. The molecule has 0 spiro atoms. The smallest absolute Gasteiger partial charge is 0.0422 e. The third-order valence-electron chi connectivity index (χ3n) is 1.12. The number of hydrogen-bond donors (Lipinski definition) is 1. The summed E-state index contributed by atoms with van der Waals surface area (Å²) in [7, 11) is 0. The van der Waals surface area contributed by atoms with Gasteiger partial charge in [-0.2, -0.15) is 0 Å². The summed E-state index contributed by atoms with van der Waals surface area (Å²) in [5, 5.41) is 3.36. The van der Waals surface area contributed by atoms with E-state index in [0.717, 1.165) is 5.88 Å². The van der Waals surface area contributed by atoms with E-state index >= 15 is 0 Å².